The summed E-state index contributed by atoms with van der Waals surface area (Å²) in [5.74, 6) is 0.524. The number of hydrogen-bond donors (Lipinski definition) is 2. The second kappa shape index (κ2) is 7.23. The van der Waals surface area contributed by atoms with Gasteiger partial charge in [0, 0.05) is 6.54 Å². The van der Waals surface area contributed by atoms with E-state index in [1.54, 1.807) is 7.11 Å². The maximum atomic E-state index is 10.7. The summed E-state index contributed by atoms with van der Waals surface area (Å²) >= 11 is 3.40. The smallest absolute Gasteiger partial charge is 0.255 e. The third-order valence-electron chi connectivity index (χ3n) is 2.23. The van der Waals surface area contributed by atoms with Crippen molar-refractivity contribution >= 4 is 21.8 Å². The standard InChI is InChI=1S/C12H17BrN2O3/c1-3-15-6-8-4-9(13)12(10(5-8)17-2)18-7-11(14)16/h4-5,15H,3,6-7H2,1-2H3,(H2,14,16). The normalized spacial score (nSPS) is 10.2. The Kier molecular flexibility index (Phi) is 5.94. The number of benzene rings is 1. The molecule has 0 aromatic heterocycles. The van der Waals surface area contributed by atoms with Gasteiger partial charge in [0.05, 0.1) is 11.6 Å². The molecule has 0 unspecified atom stereocenters. The SMILES string of the molecule is CCNCc1cc(Br)c(OCC(N)=O)c(OC)c1. The van der Waals surface area contributed by atoms with Crippen molar-refractivity contribution in [3.05, 3.63) is 22.2 Å². The van der Waals surface area contributed by atoms with Crippen molar-refractivity contribution in [2.24, 2.45) is 5.73 Å². The van der Waals surface area contributed by atoms with E-state index in [1.165, 1.54) is 0 Å². The van der Waals surface area contributed by atoms with Crippen LogP contribution in [0.3, 0.4) is 0 Å². The van der Waals surface area contributed by atoms with E-state index >= 15 is 0 Å². The van der Waals surface area contributed by atoms with E-state index in [2.05, 4.69) is 21.2 Å². The third kappa shape index (κ3) is 4.19. The number of primary amides is 1. The molecule has 0 aliphatic carbocycles. The van der Waals surface area contributed by atoms with Gasteiger partial charge in [0.25, 0.3) is 5.91 Å². The predicted octanol–water partition coefficient (Wildman–Crippen LogP) is 1.43. The molecule has 0 heterocycles. The summed E-state index contributed by atoms with van der Waals surface area (Å²) < 4.78 is 11.3. The molecule has 0 aliphatic rings. The van der Waals surface area contributed by atoms with Crippen LogP contribution in [0, 0.1) is 0 Å². The highest BCUT2D eigenvalue weighted by Crippen LogP contribution is 2.36. The van der Waals surface area contributed by atoms with Crippen LogP contribution in [0.2, 0.25) is 0 Å². The molecule has 1 aromatic carbocycles. The molecule has 0 fully saturated rings. The lowest BCUT2D eigenvalue weighted by atomic mass is 10.2. The number of nitrogens with one attached hydrogen (secondary N) is 1. The average Bonchev–Trinajstić information content (AvgIpc) is 2.34. The predicted molar refractivity (Wildman–Crippen MR) is 72.8 cm³/mol. The first-order valence-electron chi connectivity index (χ1n) is 5.56. The summed E-state index contributed by atoms with van der Waals surface area (Å²) in [6, 6.07) is 3.78. The maximum absolute atomic E-state index is 10.7. The van der Waals surface area contributed by atoms with Gasteiger partial charge in [-0.1, -0.05) is 6.92 Å². The number of carbonyl (C=O) groups is 1. The highest BCUT2D eigenvalue weighted by atomic mass is 79.9. The lowest BCUT2D eigenvalue weighted by Crippen LogP contribution is -2.20. The van der Waals surface area contributed by atoms with Crippen LogP contribution in [0.1, 0.15) is 12.5 Å². The molecule has 3 N–H and O–H groups in total. The number of halogens is 1. The van der Waals surface area contributed by atoms with E-state index < -0.39 is 5.91 Å². The molecule has 0 aliphatic heterocycles. The largest absolute Gasteiger partial charge is 0.493 e. The Hall–Kier alpha value is -1.27. The molecule has 5 nitrogen and oxygen atoms in total. The number of ether oxygens (including phenoxy) is 2. The number of rotatable bonds is 7. The maximum Gasteiger partial charge on any atom is 0.255 e. The van der Waals surface area contributed by atoms with Gasteiger partial charge < -0.3 is 20.5 Å². The van der Waals surface area contributed by atoms with Crippen LogP contribution in [0.15, 0.2) is 16.6 Å². The Balaban J connectivity index is 2.92. The molecule has 0 saturated heterocycles. The van der Waals surface area contributed by atoms with Crippen molar-refractivity contribution in [2.75, 3.05) is 20.3 Å². The molecule has 18 heavy (non-hydrogen) atoms. The zero-order valence-electron chi connectivity index (χ0n) is 10.5. The molecule has 0 spiro atoms. The van der Waals surface area contributed by atoms with E-state index in [-0.39, 0.29) is 6.61 Å². The molecule has 0 bridgehead atoms. The van der Waals surface area contributed by atoms with Crippen LogP contribution in [-0.2, 0) is 11.3 Å². The van der Waals surface area contributed by atoms with Crippen molar-refractivity contribution in [3.63, 3.8) is 0 Å². The van der Waals surface area contributed by atoms with Crippen LogP contribution >= 0.6 is 15.9 Å². The van der Waals surface area contributed by atoms with Gasteiger partial charge in [-0.15, -0.1) is 0 Å². The minimum absolute atomic E-state index is 0.179. The molecule has 0 saturated carbocycles. The molecule has 0 radical (unpaired) electrons. The highest BCUT2D eigenvalue weighted by molar-refractivity contribution is 9.10. The summed E-state index contributed by atoms with van der Waals surface area (Å²) in [5, 5.41) is 3.22. The first kappa shape index (κ1) is 14.8. The zero-order valence-corrected chi connectivity index (χ0v) is 12.0. The van der Waals surface area contributed by atoms with Crippen LogP contribution in [0.5, 0.6) is 11.5 Å². The Morgan fingerprint density at radius 2 is 2.22 bits per heavy atom. The molecular weight excluding hydrogens is 300 g/mol. The van der Waals surface area contributed by atoms with E-state index in [1.807, 2.05) is 19.1 Å². The number of amides is 1. The summed E-state index contributed by atoms with van der Waals surface area (Å²) in [4.78, 5) is 10.7. The summed E-state index contributed by atoms with van der Waals surface area (Å²) in [7, 11) is 1.55. The fourth-order valence-corrected chi connectivity index (χ4v) is 2.03. The number of hydrogen-bond acceptors (Lipinski definition) is 4. The van der Waals surface area contributed by atoms with Gasteiger partial charge in [-0.25, -0.2) is 0 Å². The van der Waals surface area contributed by atoms with Gasteiger partial charge in [0.1, 0.15) is 0 Å². The van der Waals surface area contributed by atoms with Crippen molar-refractivity contribution in [2.45, 2.75) is 13.5 Å². The molecular formula is C12H17BrN2O3. The molecule has 0 atom stereocenters. The minimum atomic E-state index is -0.527. The molecule has 6 heteroatoms. The molecule has 1 rings (SSSR count). The second-order valence-corrected chi connectivity index (χ2v) is 4.50. The Morgan fingerprint density at radius 1 is 1.50 bits per heavy atom. The van der Waals surface area contributed by atoms with Crippen LogP contribution in [-0.4, -0.2) is 26.2 Å². The third-order valence-corrected chi connectivity index (χ3v) is 2.82. The summed E-state index contributed by atoms with van der Waals surface area (Å²) in [5.41, 5.74) is 6.11. The topological polar surface area (TPSA) is 73.6 Å². The van der Waals surface area contributed by atoms with Crippen molar-refractivity contribution in [3.8, 4) is 11.5 Å². The minimum Gasteiger partial charge on any atom is -0.493 e. The van der Waals surface area contributed by atoms with E-state index in [0.717, 1.165) is 23.1 Å². The van der Waals surface area contributed by atoms with Crippen LogP contribution in [0.25, 0.3) is 0 Å². The van der Waals surface area contributed by atoms with Crippen molar-refractivity contribution in [1.29, 1.82) is 0 Å². The van der Waals surface area contributed by atoms with Gasteiger partial charge in [-0.2, -0.15) is 0 Å². The number of methoxy groups -OCH3 is 1. The monoisotopic (exact) mass is 316 g/mol. The van der Waals surface area contributed by atoms with Crippen LogP contribution in [0.4, 0.5) is 0 Å². The quantitative estimate of drug-likeness (QED) is 0.798. The fourth-order valence-electron chi connectivity index (χ4n) is 1.43. The molecule has 100 valence electrons. The first-order valence-corrected chi connectivity index (χ1v) is 6.36. The Labute approximate surface area is 115 Å². The van der Waals surface area contributed by atoms with Gasteiger partial charge in [0.2, 0.25) is 0 Å². The Bertz CT molecular complexity index is 424. The number of carbonyl (C=O) groups excluding carboxylic acids is 1. The lowest BCUT2D eigenvalue weighted by Gasteiger charge is -2.13. The summed E-state index contributed by atoms with van der Waals surface area (Å²) in [6.45, 7) is 3.49. The van der Waals surface area contributed by atoms with E-state index in [4.69, 9.17) is 15.2 Å². The van der Waals surface area contributed by atoms with Gasteiger partial charge in [-0.05, 0) is 40.2 Å². The number of nitrogens with two attached hydrogens (primary N) is 1. The average molecular weight is 317 g/mol. The van der Waals surface area contributed by atoms with E-state index in [0.29, 0.717) is 11.5 Å². The fraction of sp³-hybridized carbons (Fsp3) is 0.417. The highest BCUT2D eigenvalue weighted by Gasteiger charge is 2.12. The zero-order chi connectivity index (χ0) is 13.5. The lowest BCUT2D eigenvalue weighted by molar-refractivity contribution is -0.119. The van der Waals surface area contributed by atoms with Crippen molar-refractivity contribution < 1.29 is 14.3 Å². The van der Waals surface area contributed by atoms with E-state index in [9.17, 15) is 4.79 Å². The molecule has 1 amide bonds. The first-order chi connectivity index (χ1) is 8.58. The van der Waals surface area contributed by atoms with Crippen LogP contribution < -0.4 is 20.5 Å². The van der Waals surface area contributed by atoms with Crippen molar-refractivity contribution in [1.82, 2.24) is 5.32 Å². The second-order valence-electron chi connectivity index (χ2n) is 3.64. The summed E-state index contributed by atoms with van der Waals surface area (Å²) in [6.07, 6.45) is 0. The van der Waals surface area contributed by atoms with Gasteiger partial charge in [0.15, 0.2) is 18.1 Å². The molecule has 1 aromatic rings. The van der Waals surface area contributed by atoms with Gasteiger partial charge in [-0.3, -0.25) is 4.79 Å². The Morgan fingerprint density at radius 3 is 2.78 bits per heavy atom. The van der Waals surface area contributed by atoms with Gasteiger partial charge >= 0.3 is 0 Å².